The van der Waals surface area contributed by atoms with Crippen LogP contribution >= 0.6 is 0 Å². The molecule has 1 saturated heterocycles. The maximum absolute atomic E-state index is 11.7. The maximum Gasteiger partial charge on any atom is 0.405 e. The Morgan fingerprint density at radius 3 is 2.56 bits per heavy atom. The molecule has 0 spiro atoms. The van der Waals surface area contributed by atoms with Crippen molar-refractivity contribution in [3.8, 4) is 0 Å². The number of carbonyl (C=O) groups is 3. The van der Waals surface area contributed by atoms with Gasteiger partial charge in [-0.25, -0.2) is 4.79 Å². The molecule has 2 atom stereocenters. The Morgan fingerprint density at radius 1 is 1.44 bits per heavy atom. The Morgan fingerprint density at radius 2 is 2.06 bits per heavy atom. The summed E-state index contributed by atoms with van der Waals surface area (Å²) >= 11 is 0. The fraction of sp³-hybridized carbons (Fsp3) is 0.700. The van der Waals surface area contributed by atoms with Crippen LogP contribution in [0, 0.1) is 5.92 Å². The van der Waals surface area contributed by atoms with Crippen LogP contribution in [0.15, 0.2) is 0 Å². The molecule has 2 amide bonds. The Kier molecular flexibility index (Phi) is 3.87. The van der Waals surface area contributed by atoms with E-state index < -0.39 is 12.1 Å². The zero-order chi connectivity index (χ0) is 12.3. The van der Waals surface area contributed by atoms with Gasteiger partial charge in [0.2, 0.25) is 5.91 Å². The van der Waals surface area contributed by atoms with E-state index in [0.29, 0.717) is 6.54 Å². The molecule has 0 aromatic heterocycles. The summed E-state index contributed by atoms with van der Waals surface area (Å²) in [6.45, 7) is 3.62. The van der Waals surface area contributed by atoms with Gasteiger partial charge in [-0.15, -0.1) is 0 Å². The number of hydrogen-bond acceptors (Lipinski definition) is 3. The van der Waals surface area contributed by atoms with E-state index in [4.69, 9.17) is 5.11 Å². The molecule has 0 bridgehead atoms. The van der Waals surface area contributed by atoms with Gasteiger partial charge in [0.05, 0.1) is 6.04 Å². The van der Waals surface area contributed by atoms with Gasteiger partial charge >= 0.3 is 6.09 Å². The minimum atomic E-state index is -1.24. The van der Waals surface area contributed by atoms with E-state index in [0.717, 1.165) is 6.42 Å². The number of nitrogens with zero attached hydrogens (tertiary/aromatic N) is 1. The third-order valence-electron chi connectivity index (χ3n) is 2.83. The van der Waals surface area contributed by atoms with E-state index in [2.05, 4.69) is 0 Å². The Labute approximate surface area is 93.6 Å². The molecule has 1 aliphatic rings. The predicted octanol–water partition coefficient (Wildman–Crippen LogP) is 0.0800. The molecule has 2 N–H and O–H groups in total. The average molecular weight is 228 g/mol. The Hall–Kier alpha value is -1.59. The molecular weight excluding hydrogens is 212 g/mol. The van der Waals surface area contributed by atoms with Crippen LogP contribution in [0.4, 0.5) is 4.79 Å². The van der Waals surface area contributed by atoms with Gasteiger partial charge in [0, 0.05) is 6.54 Å². The first kappa shape index (κ1) is 12.5. The van der Waals surface area contributed by atoms with Gasteiger partial charge < -0.3 is 15.3 Å². The minimum absolute atomic E-state index is 0.0475. The summed E-state index contributed by atoms with van der Waals surface area (Å²) in [5.74, 6) is -0.244. The van der Waals surface area contributed by atoms with E-state index in [1.807, 2.05) is 12.2 Å². The van der Waals surface area contributed by atoms with Crippen molar-refractivity contribution >= 4 is 17.8 Å². The predicted molar refractivity (Wildman–Crippen MR) is 56.0 cm³/mol. The van der Waals surface area contributed by atoms with Crippen molar-refractivity contribution in [3.05, 3.63) is 0 Å². The van der Waals surface area contributed by atoms with Crippen LogP contribution < -0.4 is 5.32 Å². The number of carbonyl (C=O) groups excluding carboxylic acids is 2. The van der Waals surface area contributed by atoms with Crippen molar-refractivity contribution in [3.63, 3.8) is 0 Å². The molecule has 1 aliphatic heterocycles. The summed E-state index contributed by atoms with van der Waals surface area (Å²) in [6.07, 6.45) is -0.455. The number of Topliss-reactive ketones (excluding diaryl/α,β-unsaturated/α-hetero) is 1. The first-order chi connectivity index (χ1) is 7.43. The normalized spacial score (nSPS) is 24.2. The van der Waals surface area contributed by atoms with E-state index in [1.54, 1.807) is 0 Å². The quantitative estimate of drug-likeness (QED) is 0.716. The van der Waals surface area contributed by atoms with Crippen molar-refractivity contribution in [2.75, 3.05) is 13.1 Å². The first-order valence-corrected chi connectivity index (χ1v) is 5.20. The molecule has 6 nitrogen and oxygen atoms in total. The highest BCUT2D eigenvalue weighted by molar-refractivity contribution is 5.90. The summed E-state index contributed by atoms with van der Waals surface area (Å²) in [6, 6.07) is -0.400. The number of rotatable bonds is 3. The fourth-order valence-corrected chi connectivity index (χ4v) is 2.10. The third-order valence-corrected chi connectivity index (χ3v) is 2.83. The average Bonchev–Trinajstić information content (AvgIpc) is 2.56. The van der Waals surface area contributed by atoms with Crippen LogP contribution in [0.3, 0.4) is 0 Å². The van der Waals surface area contributed by atoms with E-state index in [-0.39, 0.29) is 24.2 Å². The summed E-state index contributed by atoms with van der Waals surface area (Å²) in [5, 5.41) is 10.4. The van der Waals surface area contributed by atoms with E-state index in [9.17, 15) is 14.4 Å². The Bertz CT molecular complexity index is 316. The summed E-state index contributed by atoms with van der Waals surface area (Å²) in [7, 11) is 0. The van der Waals surface area contributed by atoms with Crippen LogP contribution in [0.1, 0.15) is 20.3 Å². The lowest BCUT2D eigenvalue weighted by atomic mass is 10.00. The third kappa shape index (κ3) is 2.71. The molecule has 0 saturated carbocycles. The molecular formula is C10H16N2O4. The van der Waals surface area contributed by atoms with Crippen LogP contribution in [0.5, 0.6) is 0 Å². The largest absolute Gasteiger partial charge is 0.465 e. The highest BCUT2D eigenvalue weighted by atomic mass is 16.4. The molecule has 0 aromatic carbocycles. The Balaban J connectivity index is 2.61. The second kappa shape index (κ2) is 4.96. The van der Waals surface area contributed by atoms with Crippen LogP contribution in [-0.2, 0) is 9.59 Å². The molecule has 6 heteroatoms. The lowest BCUT2D eigenvalue weighted by molar-refractivity contribution is -0.136. The van der Waals surface area contributed by atoms with Gasteiger partial charge in [-0.2, -0.15) is 0 Å². The number of nitrogens with one attached hydrogen (secondary N) is 1. The monoisotopic (exact) mass is 228 g/mol. The lowest BCUT2D eigenvalue weighted by Crippen LogP contribution is -2.46. The fourth-order valence-electron chi connectivity index (χ4n) is 2.10. The summed E-state index contributed by atoms with van der Waals surface area (Å²) < 4.78 is 0. The molecule has 0 unspecified atom stereocenters. The smallest absolute Gasteiger partial charge is 0.405 e. The molecule has 1 fully saturated rings. The van der Waals surface area contributed by atoms with Gasteiger partial charge in [-0.1, -0.05) is 6.92 Å². The summed E-state index contributed by atoms with van der Waals surface area (Å²) in [4.78, 5) is 34.7. The van der Waals surface area contributed by atoms with E-state index in [1.165, 1.54) is 11.8 Å². The van der Waals surface area contributed by atoms with E-state index >= 15 is 0 Å². The van der Waals surface area contributed by atoms with Crippen molar-refractivity contribution in [1.82, 2.24) is 10.2 Å². The van der Waals surface area contributed by atoms with Crippen molar-refractivity contribution in [2.24, 2.45) is 5.92 Å². The van der Waals surface area contributed by atoms with Gasteiger partial charge in [0.25, 0.3) is 0 Å². The van der Waals surface area contributed by atoms with Gasteiger partial charge in [-0.05, 0) is 19.3 Å². The second-order valence-electron chi connectivity index (χ2n) is 4.07. The lowest BCUT2D eigenvalue weighted by Gasteiger charge is -2.24. The molecule has 1 heterocycles. The van der Waals surface area contributed by atoms with Gasteiger partial charge in [-0.3, -0.25) is 9.59 Å². The molecule has 0 aliphatic carbocycles. The van der Waals surface area contributed by atoms with Crippen LogP contribution in [0.25, 0.3) is 0 Å². The first-order valence-electron chi connectivity index (χ1n) is 5.20. The number of hydrogen-bond donors (Lipinski definition) is 2. The number of ketones is 1. The maximum atomic E-state index is 11.7. The minimum Gasteiger partial charge on any atom is -0.465 e. The summed E-state index contributed by atoms with van der Waals surface area (Å²) in [5.41, 5.74) is 0. The standard InChI is InChI=1S/C10H16N2O4/c1-6-3-4-12(9(6)7(2)13)8(14)5-11-10(15)16/h6,9,11H,3-5H2,1-2H3,(H,15,16)/t6-,9+/m1/s1. The molecule has 0 radical (unpaired) electrons. The number of carboxylic acid groups (broad SMARTS) is 1. The van der Waals surface area contributed by atoms with Gasteiger partial charge in [0.15, 0.2) is 5.78 Å². The van der Waals surface area contributed by atoms with Crippen molar-refractivity contribution < 1.29 is 19.5 Å². The van der Waals surface area contributed by atoms with Crippen LogP contribution in [0.2, 0.25) is 0 Å². The van der Waals surface area contributed by atoms with Gasteiger partial charge in [0.1, 0.15) is 6.54 Å². The van der Waals surface area contributed by atoms with Crippen molar-refractivity contribution in [2.45, 2.75) is 26.3 Å². The SMILES string of the molecule is CC(=O)[C@@H]1[C@H](C)CCN1C(=O)CNC(=O)O. The zero-order valence-corrected chi connectivity index (χ0v) is 9.40. The second-order valence-corrected chi connectivity index (χ2v) is 4.07. The highest BCUT2D eigenvalue weighted by Gasteiger charge is 2.37. The molecule has 0 aromatic rings. The molecule has 90 valence electrons. The molecule has 16 heavy (non-hydrogen) atoms. The van der Waals surface area contributed by atoms with Crippen LogP contribution in [-0.4, -0.2) is 46.9 Å². The highest BCUT2D eigenvalue weighted by Crippen LogP contribution is 2.24. The van der Waals surface area contributed by atoms with Crippen molar-refractivity contribution in [1.29, 1.82) is 0 Å². The number of amides is 2. The topological polar surface area (TPSA) is 86.7 Å². The number of likely N-dealkylation sites (tertiary alicyclic amines) is 1. The zero-order valence-electron chi connectivity index (χ0n) is 9.40. The molecule has 1 rings (SSSR count).